The number of nitro groups is 1. The van der Waals surface area contributed by atoms with E-state index in [0.29, 0.717) is 16.7 Å². The van der Waals surface area contributed by atoms with E-state index in [0.717, 1.165) is 36.2 Å². The average molecular weight is 293 g/mol. The summed E-state index contributed by atoms with van der Waals surface area (Å²) in [7, 11) is 0. The zero-order valence-corrected chi connectivity index (χ0v) is 11.7. The summed E-state index contributed by atoms with van der Waals surface area (Å²) in [6, 6.07) is 2.10. The highest BCUT2D eigenvalue weighted by atomic mass is 32.1. The SMILES string of the molecule is O=[N+]([O-])c1cc2c(NCC[C@H]3CCCN3)ncnc2s1. The normalized spacial score (nSPS) is 18.5. The van der Waals surface area contributed by atoms with E-state index >= 15 is 0 Å². The second kappa shape index (κ2) is 5.68. The van der Waals surface area contributed by atoms with Gasteiger partial charge in [-0.1, -0.05) is 0 Å². The standard InChI is InChI=1S/C12H15N5O2S/c18-17(19)10-6-9-11(15-7-16-12(9)20-10)14-5-3-8-2-1-4-13-8/h6-8,13H,1-5H2,(H,14,15,16)/t8-/m1/s1. The Labute approximate surface area is 119 Å². The minimum Gasteiger partial charge on any atom is -0.369 e. The summed E-state index contributed by atoms with van der Waals surface area (Å²) in [6.45, 7) is 1.90. The second-order valence-corrected chi connectivity index (χ2v) is 5.80. The van der Waals surface area contributed by atoms with Crippen LogP contribution in [0.3, 0.4) is 0 Å². The third-order valence-corrected chi connectivity index (χ3v) is 4.44. The molecule has 3 heterocycles. The molecule has 0 unspecified atom stereocenters. The second-order valence-electron chi connectivity index (χ2n) is 4.79. The summed E-state index contributed by atoms with van der Waals surface area (Å²) in [5.74, 6) is 0.678. The van der Waals surface area contributed by atoms with Crippen molar-refractivity contribution >= 4 is 32.4 Å². The number of rotatable bonds is 5. The molecular weight excluding hydrogens is 278 g/mol. The molecule has 1 saturated heterocycles. The van der Waals surface area contributed by atoms with E-state index in [4.69, 9.17) is 0 Å². The average Bonchev–Trinajstić information content (AvgIpc) is 3.07. The molecule has 1 fully saturated rings. The van der Waals surface area contributed by atoms with Gasteiger partial charge in [-0.15, -0.1) is 0 Å². The van der Waals surface area contributed by atoms with E-state index in [-0.39, 0.29) is 5.00 Å². The molecule has 3 rings (SSSR count). The summed E-state index contributed by atoms with van der Waals surface area (Å²) in [5.41, 5.74) is 0. The molecule has 0 aliphatic carbocycles. The van der Waals surface area contributed by atoms with Crippen molar-refractivity contribution in [3.05, 3.63) is 22.5 Å². The van der Waals surface area contributed by atoms with E-state index in [1.807, 2.05) is 0 Å². The molecule has 1 aliphatic rings. The quantitative estimate of drug-likeness (QED) is 0.648. The Morgan fingerprint density at radius 3 is 3.20 bits per heavy atom. The van der Waals surface area contributed by atoms with Crippen LogP contribution < -0.4 is 10.6 Å². The summed E-state index contributed by atoms with van der Waals surface area (Å²) in [4.78, 5) is 19.3. The third kappa shape index (κ3) is 2.70. The minimum atomic E-state index is -0.390. The molecule has 1 aliphatic heterocycles. The number of nitrogens with zero attached hydrogens (tertiary/aromatic N) is 3. The molecule has 0 aromatic carbocycles. The van der Waals surface area contributed by atoms with Crippen LogP contribution in [0.5, 0.6) is 0 Å². The fourth-order valence-corrected chi connectivity index (χ4v) is 3.26. The Morgan fingerprint density at radius 1 is 1.55 bits per heavy atom. The highest BCUT2D eigenvalue weighted by Gasteiger charge is 2.16. The number of anilines is 1. The zero-order chi connectivity index (χ0) is 13.9. The van der Waals surface area contributed by atoms with Crippen LogP contribution in [0.25, 0.3) is 10.2 Å². The van der Waals surface area contributed by atoms with Gasteiger partial charge >= 0.3 is 5.00 Å². The Morgan fingerprint density at radius 2 is 2.45 bits per heavy atom. The topological polar surface area (TPSA) is 93.0 Å². The first-order valence-corrected chi connectivity index (χ1v) is 7.42. The molecule has 7 nitrogen and oxygen atoms in total. The Balaban J connectivity index is 1.71. The van der Waals surface area contributed by atoms with E-state index < -0.39 is 4.92 Å². The fourth-order valence-electron chi connectivity index (χ4n) is 2.44. The van der Waals surface area contributed by atoms with Gasteiger partial charge in [0.25, 0.3) is 0 Å². The van der Waals surface area contributed by atoms with E-state index in [1.54, 1.807) is 0 Å². The Kier molecular flexibility index (Phi) is 3.75. The lowest BCUT2D eigenvalue weighted by atomic mass is 10.1. The summed E-state index contributed by atoms with van der Waals surface area (Å²) < 4.78 is 0. The van der Waals surface area contributed by atoms with Crippen LogP contribution in [0.2, 0.25) is 0 Å². The van der Waals surface area contributed by atoms with Gasteiger partial charge in [-0.2, -0.15) is 0 Å². The van der Waals surface area contributed by atoms with Gasteiger partial charge in [0.2, 0.25) is 0 Å². The third-order valence-electron chi connectivity index (χ3n) is 3.44. The molecular formula is C12H15N5O2S. The smallest absolute Gasteiger partial charge is 0.326 e. The van der Waals surface area contributed by atoms with E-state index in [1.165, 1.54) is 25.2 Å². The molecule has 106 valence electrons. The number of hydrogen-bond donors (Lipinski definition) is 2. The molecule has 0 saturated carbocycles. The first-order chi connectivity index (χ1) is 9.74. The molecule has 1 atom stereocenters. The van der Waals surface area contributed by atoms with Crippen molar-refractivity contribution in [2.75, 3.05) is 18.4 Å². The van der Waals surface area contributed by atoms with Crippen molar-refractivity contribution in [3.63, 3.8) is 0 Å². The maximum Gasteiger partial charge on any atom is 0.326 e. The van der Waals surface area contributed by atoms with Gasteiger partial charge in [-0.25, -0.2) is 9.97 Å². The lowest BCUT2D eigenvalue weighted by Gasteiger charge is -2.11. The van der Waals surface area contributed by atoms with Crippen molar-refractivity contribution < 1.29 is 4.92 Å². The summed E-state index contributed by atoms with van der Waals surface area (Å²) in [5, 5.41) is 18.3. The van der Waals surface area contributed by atoms with Crippen LogP contribution in [0.1, 0.15) is 19.3 Å². The molecule has 0 amide bonds. The van der Waals surface area contributed by atoms with Crippen LogP contribution in [-0.2, 0) is 0 Å². The van der Waals surface area contributed by atoms with E-state index in [9.17, 15) is 10.1 Å². The molecule has 8 heteroatoms. The minimum absolute atomic E-state index is 0.0982. The van der Waals surface area contributed by atoms with Crippen molar-refractivity contribution in [1.29, 1.82) is 0 Å². The fraction of sp³-hybridized carbons (Fsp3) is 0.500. The van der Waals surface area contributed by atoms with Gasteiger partial charge in [0, 0.05) is 18.7 Å². The number of fused-ring (bicyclic) bond motifs is 1. The largest absolute Gasteiger partial charge is 0.369 e. The van der Waals surface area contributed by atoms with Crippen LogP contribution in [-0.4, -0.2) is 34.0 Å². The molecule has 0 radical (unpaired) electrons. The van der Waals surface area contributed by atoms with Crippen molar-refractivity contribution in [3.8, 4) is 0 Å². The van der Waals surface area contributed by atoms with Gasteiger partial charge < -0.3 is 10.6 Å². The molecule has 0 spiro atoms. The van der Waals surface area contributed by atoms with Gasteiger partial charge in [-0.05, 0) is 37.1 Å². The number of hydrogen-bond acceptors (Lipinski definition) is 7. The molecule has 0 bridgehead atoms. The van der Waals surface area contributed by atoms with E-state index in [2.05, 4.69) is 20.6 Å². The monoisotopic (exact) mass is 293 g/mol. The number of thiophene rings is 1. The molecule has 20 heavy (non-hydrogen) atoms. The highest BCUT2D eigenvalue weighted by molar-refractivity contribution is 7.21. The van der Waals surface area contributed by atoms with Crippen LogP contribution >= 0.6 is 11.3 Å². The van der Waals surface area contributed by atoms with Crippen LogP contribution in [0.4, 0.5) is 10.8 Å². The van der Waals surface area contributed by atoms with Gasteiger partial charge in [0.1, 0.15) is 17.0 Å². The maximum absolute atomic E-state index is 10.8. The van der Waals surface area contributed by atoms with Gasteiger partial charge in [0.15, 0.2) is 0 Å². The van der Waals surface area contributed by atoms with Crippen molar-refractivity contribution in [2.24, 2.45) is 0 Å². The molecule has 2 aromatic rings. The van der Waals surface area contributed by atoms with Crippen molar-refractivity contribution in [1.82, 2.24) is 15.3 Å². The van der Waals surface area contributed by atoms with Gasteiger partial charge in [-0.3, -0.25) is 10.1 Å². The first-order valence-electron chi connectivity index (χ1n) is 6.60. The van der Waals surface area contributed by atoms with Crippen LogP contribution in [0.15, 0.2) is 12.4 Å². The molecule has 2 aromatic heterocycles. The van der Waals surface area contributed by atoms with Crippen LogP contribution in [0, 0.1) is 10.1 Å². The number of nitrogens with one attached hydrogen (secondary N) is 2. The zero-order valence-electron chi connectivity index (χ0n) is 10.8. The summed E-state index contributed by atoms with van der Waals surface area (Å²) in [6.07, 6.45) is 4.92. The predicted octanol–water partition coefficient (Wildman–Crippen LogP) is 2.15. The molecule has 2 N–H and O–H groups in total. The number of aromatic nitrogens is 2. The Bertz CT molecular complexity index is 623. The first kappa shape index (κ1) is 13.2. The van der Waals surface area contributed by atoms with Crippen molar-refractivity contribution in [2.45, 2.75) is 25.3 Å². The Hall–Kier alpha value is -1.80. The van der Waals surface area contributed by atoms with Gasteiger partial charge in [0.05, 0.1) is 10.3 Å². The maximum atomic E-state index is 10.8. The highest BCUT2D eigenvalue weighted by Crippen LogP contribution is 2.32. The lowest BCUT2D eigenvalue weighted by molar-refractivity contribution is -0.380. The lowest BCUT2D eigenvalue weighted by Crippen LogP contribution is -2.24. The predicted molar refractivity (Wildman–Crippen MR) is 78.2 cm³/mol. The summed E-state index contributed by atoms with van der Waals surface area (Å²) >= 11 is 1.08.